The Morgan fingerprint density at radius 1 is 1.22 bits per heavy atom. The summed E-state index contributed by atoms with van der Waals surface area (Å²) < 4.78 is 2.15. The fourth-order valence-electron chi connectivity index (χ4n) is 2.75. The Morgan fingerprint density at radius 3 is 2.87 bits per heavy atom. The molecule has 0 bridgehead atoms. The van der Waals surface area contributed by atoms with E-state index in [4.69, 9.17) is 0 Å². The first-order valence-electron chi connectivity index (χ1n) is 7.76. The number of nitrogens with one attached hydrogen (secondary N) is 1. The van der Waals surface area contributed by atoms with Crippen molar-refractivity contribution in [3.05, 3.63) is 36.5 Å². The van der Waals surface area contributed by atoms with Gasteiger partial charge in [-0.05, 0) is 18.9 Å². The van der Waals surface area contributed by atoms with Crippen LogP contribution in [-0.4, -0.2) is 38.6 Å². The highest BCUT2D eigenvalue weighted by Crippen LogP contribution is 2.37. The van der Waals surface area contributed by atoms with Crippen molar-refractivity contribution in [2.75, 3.05) is 24.3 Å². The fraction of sp³-hybridized carbons (Fsp3) is 0.375. The molecule has 0 aromatic carbocycles. The standard InChI is InChI=1S/C16H19N7/c1-22(2)15-11(4-3-7-17-15)8-18-14-13-16(20-9-19-14)23(10-21-13)12-5-6-12/h3-4,7,9-10,12H,5-6,8H2,1-2H3,(H,18,19,20). The molecule has 1 N–H and O–H groups in total. The van der Waals surface area contributed by atoms with Gasteiger partial charge in [0.1, 0.15) is 17.7 Å². The lowest BCUT2D eigenvalue weighted by atomic mass is 10.2. The number of anilines is 2. The van der Waals surface area contributed by atoms with Gasteiger partial charge in [0.25, 0.3) is 0 Å². The third-order valence-corrected chi connectivity index (χ3v) is 4.04. The molecule has 1 saturated carbocycles. The van der Waals surface area contributed by atoms with Crippen molar-refractivity contribution < 1.29 is 0 Å². The molecular weight excluding hydrogens is 290 g/mol. The zero-order chi connectivity index (χ0) is 15.8. The number of rotatable bonds is 5. The smallest absolute Gasteiger partial charge is 0.165 e. The topological polar surface area (TPSA) is 71.8 Å². The SMILES string of the molecule is CN(C)c1ncccc1CNc1ncnc2c1ncn2C1CC1. The minimum atomic E-state index is 0.557. The summed E-state index contributed by atoms with van der Waals surface area (Å²) in [5.74, 6) is 1.72. The van der Waals surface area contributed by atoms with E-state index in [0.29, 0.717) is 12.6 Å². The van der Waals surface area contributed by atoms with Gasteiger partial charge < -0.3 is 14.8 Å². The average molecular weight is 309 g/mol. The van der Waals surface area contributed by atoms with E-state index in [0.717, 1.165) is 28.4 Å². The van der Waals surface area contributed by atoms with E-state index in [-0.39, 0.29) is 0 Å². The van der Waals surface area contributed by atoms with Crippen LogP contribution in [0.1, 0.15) is 24.4 Å². The van der Waals surface area contributed by atoms with Crippen LogP contribution in [0.5, 0.6) is 0 Å². The van der Waals surface area contributed by atoms with E-state index in [1.165, 1.54) is 12.8 Å². The number of imidazole rings is 1. The lowest BCUT2D eigenvalue weighted by Gasteiger charge is -2.16. The summed E-state index contributed by atoms with van der Waals surface area (Å²) in [5.41, 5.74) is 2.85. The summed E-state index contributed by atoms with van der Waals surface area (Å²) in [4.78, 5) is 19.7. The average Bonchev–Trinajstić information content (AvgIpc) is 3.32. The molecule has 1 aliphatic carbocycles. The maximum atomic E-state index is 4.50. The summed E-state index contributed by atoms with van der Waals surface area (Å²) >= 11 is 0. The van der Waals surface area contributed by atoms with E-state index in [9.17, 15) is 0 Å². The summed E-state index contributed by atoms with van der Waals surface area (Å²) in [7, 11) is 3.98. The van der Waals surface area contributed by atoms with Crippen LogP contribution in [0.15, 0.2) is 31.0 Å². The molecule has 7 nitrogen and oxygen atoms in total. The zero-order valence-electron chi connectivity index (χ0n) is 13.3. The Morgan fingerprint density at radius 2 is 2.09 bits per heavy atom. The molecule has 3 heterocycles. The largest absolute Gasteiger partial charge is 0.364 e. The molecule has 23 heavy (non-hydrogen) atoms. The van der Waals surface area contributed by atoms with Gasteiger partial charge in [0.05, 0.1) is 6.33 Å². The second-order valence-electron chi connectivity index (χ2n) is 6.01. The van der Waals surface area contributed by atoms with Gasteiger partial charge in [-0.2, -0.15) is 0 Å². The molecular formula is C16H19N7. The van der Waals surface area contributed by atoms with Crippen LogP contribution in [0.25, 0.3) is 11.2 Å². The molecule has 3 aromatic rings. The van der Waals surface area contributed by atoms with Gasteiger partial charge in [0, 0.05) is 38.4 Å². The second-order valence-corrected chi connectivity index (χ2v) is 6.01. The predicted octanol–water partition coefficient (Wildman–Crippen LogP) is 2.23. The van der Waals surface area contributed by atoms with E-state index in [1.807, 2.05) is 31.4 Å². The van der Waals surface area contributed by atoms with Crippen LogP contribution < -0.4 is 10.2 Å². The molecule has 0 spiro atoms. The molecule has 1 fully saturated rings. The van der Waals surface area contributed by atoms with Crippen molar-refractivity contribution in [2.45, 2.75) is 25.4 Å². The number of hydrogen-bond donors (Lipinski definition) is 1. The van der Waals surface area contributed by atoms with Crippen LogP contribution in [0, 0.1) is 0 Å². The molecule has 0 amide bonds. The number of pyridine rings is 1. The van der Waals surface area contributed by atoms with Crippen molar-refractivity contribution in [3.63, 3.8) is 0 Å². The maximum Gasteiger partial charge on any atom is 0.165 e. The molecule has 0 saturated heterocycles. The van der Waals surface area contributed by atoms with Crippen molar-refractivity contribution in [1.29, 1.82) is 0 Å². The number of fused-ring (bicyclic) bond motifs is 1. The summed E-state index contributed by atoms with van der Waals surface area (Å²) in [6.07, 6.45) is 7.69. The Kier molecular flexibility index (Phi) is 3.33. The molecule has 0 atom stereocenters. The summed E-state index contributed by atoms with van der Waals surface area (Å²) in [6, 6.07) is 4.57. The Labute approximate surface area is 134 Å². The van der Waals surface area contributed by atoms with Crippen molar-refractivity contribution in [1.82, 2.24) is 24.5 Å². The summed E-state index contributed by atoms with van der Waals surface area (Å²) in [5, 5.41) is 3.38. The third-order valence-electron chi connectivity index (χ3n) is 4.04. The Balaban J connectivity index is 1.61. The van der Waals surface area contributed by atoms with Gasteiger partial charge in [-0.15, -0.1) is 0 Å². The van der Waals surface area contributed by atoms with Crippen molar-refractivity contribution >= 4 is 22.8 Å². The predicted molar refractivity (Wildman–Crippen MR) is 89.5 cm³/mol. The van der Waals surface area contributed by atoms with Crippen LogP contribution in [-0.2, 0) is 6.54 Å². The van der Waals surface area contributed by atoms with Crippen molar-refractivity contribution in [2.24, 2.45) is 0 Å². The number of hydrogen-bond acceptors (Lipinski definition) is 6. The summed E-state index contributed by atoms with van der Waals surface area (Å²) in [6.45, 7) is 0.643. The highest BCUT2D eigenvalue weighted by atomic mass is 15.2. The van der Waals surface area contributed by atoms with Gasteiger partial charge in [-0.1, -0.05) is 6.07 Å². The first-order valence-corrected chi connectivity index (χ1v) is 7.76. The van der Waals surface area contributed by atoms with E-state index in [1.54, 1.807) is 12.5 Å². The van der Waals surface area contributed by atoms with E-state index < -0.39 is 0 Å². The normalized spacial score (nSPS) is 14.2. The van der Waals surface area contributed by atoms with Crippen LogP contribution in [0.4, 0.5) is 11.6 Å². The van der Waals surface area contributed by atoms with Crippen LogP contribution in [0.2, 0.25) is 0 Å². The zero-order valence-corrected chi connectivity index (χ0v) is 13.3. The molecule has 1 aliphatic rings. The van der Waals surface area contributed by atoms with Gasteiger partial charge >= 0.3 is 0 Å². The van der Waals surface area contributed by atoms with Gasteiger partial charge in [-0.3, -0.25) is 0 Å². The first-order chi connectivity index (χ1) is 11.2. The Hall–Kier alpha value is -2.70. The first kappa shape index (κ1) is 13.9. The molecule has 0 aliphatic heterocycles. The second kappa shape index (κ2) is 5.49. The van der Waals surface area contributed by atoms with Gasteiger partial charge in [0.15, 0.2) is 11.5 Å². The van der Waals surface area contributed by atoms with Crippen LogP contribution in [0.3, 0.4) is 0 Å². The molecule has 3 aromatic heterocycles. The van der Waals surface area contributed by atoms with Gasteiger partial charge in [-0.25, -0.2) is 19.9 Å². The molecule has 0 radical (unpaired) electrons. The minimum absolute atomic E-state index is 0.557. The minimum Gasteiger partial charge on any atom is -0.364 e. The maximum absolute atomic E-state index is 4.50. The van der Waals surface area contributed by atoms with Crippen molar-refractivity contribution in [3.8, 4) is 0 Å². The van der Waals surface area contributed by atoms with E-state index in [2.05, 4.69) is 35.9 Å². The monoisotopic (exact) mass is 309 g/mol. The lowest BCUT2D eigenvalue weighted by molar-refractivity contribution is 0.756. The number of aromatic nitrogens is 5. The van der Waals surface area contributed by atoms with Crippen LogP contribution >= 0.6 is 0 Å². The quantitative estimate of drug-likeness (QED) is 0.779. The van der Waals surface area contributed by atoms with E-state index >= 15 is 0 Å². The highest BCUT2D eigenvalue weighted by Gasteiger charge is 2.26. The molecule has 0 unspecified atom stereocenters. The molecule has 7 heteroatoms. The molecule has 118 valence electrons. The molecule has 4 rings (SSSR count). The lowest BCUT2D eigenvalue weighted by Crippen LogP contribution is -2.15. The third kappa shape index (κ3) is 2.58. The Bertz CT molecular complexity index is 835. The fourth-order valence-corrected chi connectivity index (χ4v) is 2.75. The number of nitrogens with zero attached hydrogens (tertiary/aromatic N) is 6. The van der Waals surface area contributed by atoms with Gasteiger partial charge in [0.2, 0.25) is 0 Å². The highest BCUT2D eigenvalue weighted by molar-refractivity contribution is 5.82.